The first kappa shape index (κ1) is 29.9. The third-order valence-electron chi connectivity index (χ3n) is 6.91. The average molecular weight is 585 g/mol. The summed E-state index contributed by atoms with van der Waals surface area (Å²) >= 11 is 0. The summed E-state index contributed by atoms with van der Waals surface area (Å²) in [4.78, 5) is 18.7. The second kappa shape index (κ2) is 13.6. The van der Waals surface area contributed by atoms with Gasteiger partial charge in [-0.2, -0.15) is 4.98 Å². The number of aromatic nitrogens is 1. The zero-order valence-corrected chi connectivity index (χ0v) is 24.8. The summed E-state index contributed by atoms with van der Waals surface area (Å²) < 4.78 is 39.1. The van der Waals surface area contributed by atoms with Crippen LogP contribution in [0.3, 0.4) is 0 Å². The maximum atomic E-state index is 15.3. The Morgan fingerprint density at radius 3 is 2.09 bits per heavy atom. The Kier molecular flexibility index (Phi) is 9.45. The van der Waals surface area contributed by atoms with Crippen LogP contribution in [-0.4, -0.2) is 40.8 Å². The molecule has 8 heteroatoms. The van der Waals surface area contributed by atoms with Crippen LogP contribution in [0.1, 0.15) is 44.7 Å². The Hall–Kier alpha value is -4.59. The van der Waals surface area contributed by atoms with E-state index in [-0.39, 0.29) is 24.7 Å². The van der Waals surface area contributed by atoms with Crippen LogP contribution in [0.2, 0.25) is 0 Å². The number of carbonyl (C=O) groups is 1. The fourth-order valence-corrected chi connectivity index (χ4v) is 4.74. The SMILES string of the molecule is CC(C)(C)OC(=O)N1CCC(Oc2ccc(F)c(-c3ccc(OCc4ccccc4)nc3OCc3ccccc3)c2)CC1. The number of hydrogen-bond donors (Lipinski definition) is 0. The molecule has 0 unspecified atom stereocenters. The first-order valence-electron chi connectivity index (χ1n) is 14.5. The molecule has 0 atom stereocenters. The van der Waals surface area contributed by atoms with E-state index in [9.17, 15) is 4.79 Å². The second-order valence-corrected chi connectivity index (χ2v) is 11.5. The van der Waals surface area contributed by atoms with Gasteiger partial charge in [-0.3, -0.25) is 0 Å². The average Bonchev–Trinajstić information content (AvgIpc) is 3.00. The molecule has 7 nitrogen and oxygen atoms in total. The fraction of sp³-hybridized carbons (Fsp3) is 0.314. The van der Waals surface area contributed by atoms with Crippen LogP contribution in [0.5, 0.6) is 17.5 Å². The Morgan fingerprint density at radius 2 is 1.47 bits per heavy atom. The van der Waals surface area contributed by atoms with Crippen LogP contribution in [0.15, 0.2) is 91.0 Å². The molecule has 4 aromatic rings. The lowest BCUT2D eigenvalue weighted by Crippen LogP contribution is -2.44. The minimum Gasteiger partial charge on any atom is -0.490 e. The topological polar surface area (TPSA) is 70.1 Å². The molecule has 0 N–H and O–H groups in total. The van der Waals surface area contributed by atoms with Gasteiger partial charge in [-0.25, -0.2) is 9.18 Å². The van der Waals surface area contributed by atoms with Crippen molar-refractivity contribution in [3.63, 3.8) is 0 Å². The normalized spacial score (nSPS) is 13.8. The van der Waals surface area contributed by atoms with Crippen molar-refractivity contribution in [3.05, 3.63) is 108 Å². The highest BCUT2D eigenvalue weighted by molar-refractivity contribution is 5.71. The highest BCUT2D eigenvalue weighted by atomic mass is 19.1. The number of piperidine rings is 1. The summed E-state index contributed by atoms with van der Waals surface area (Å²) in [5.74, 6) is 0.748. The molecule has 0 spiro atoms. The lowest BCUT2D eigenvalue weighted by Gasteiger charge is -2.33. The smallest absolute Gasteiger partial charge is 0.410 e. The van der Waals surface area contributed by atoms with Gasteiger partial charge in [-0.05, 0) is 56.2 Å². The molecule has 1 aliphatic rings. The lowest BCUT2D eigenvalue weighted by molar-refractivity contribution is 0.0126. The lowest BCUT2D eigenvalue weighted by atomic mass is 10.1. The van der Waals surface area contributed by atoms with Crippen molar-refractivity contribution in [3.8, 4) is 28.6 Å². The van der Waals surface area contributed by atoms with E-state index >= 15 is 4.39 Å². The highest BCUT2D eigenvalue weighted by Crippen LogP contribution is 2.36. The molecule has 1 aliphatic heterocycles. The van der Waals surface area contributed by atoms with Crippen LogP contribution in [0.25, 0.3) is 11.1 Å². The number of likely N-dealkylation sites (tertiary alicyclic amines) is 1. The molecule has 1 fully saturated rings. The van der Waals surface area contributed by atoms with Crippen molar-refractivity contribution in [1.29, 1.82) is 0 Å². The number of halogens is 1. The summed E-state index contributed by atoms with van der Waals surface area (Å²) in [5, 5.41) is 0. The monoisotopic (exact) mass is 584 g/mol. The molecule has 1 aromatic heterocycles. The predicted octanol–water partition coefficient (Wildman–Crippen LogP) is 7.82. The van der Waals surface area contributed by atoms with E-state index < -0.39 is 11.4 Å². The Bertz CT molecular complexity index is 1500. The van der Waals surface area contributed by atoms with E-state index in [2.05, 4.69) is 4.98 Å². The summed E-state index contributed by atoms with van der Waals surface area (Å²) in [7, 11) is 0. The largest absolute Gasteiger partial charge is 0.490 e. The van der Waals surface area contributed by atoms with Gasteiger partial charge in [0.05, 0.1) is 0 Å². The second-order valence-electron chi connectivity index (χ2n) is 11.5. The van der Waals surface area contributed by atoms with Crippen molar-refractivity contribution in [2.24, 2.45) is 0 Å². The zero-order chi connectivity index (χ0) is 30.2. The number of rotatable bonds is 9. The third kappa shape index (κ3) is 8.47. The van der Waals surface area contributed by atoms with Gasteiger partial charge in [0, 0.05) is 43.1 Å². The molecule has 224 valence electrons. The molecular formula is C35H37FN2O5. The summed E-state index contributed by atoms with van der Waals surface area (Å²) in [6.45, 7) is 7.22. The summed E-state index contributed by atoms with van der Waals surface area (Å²) in [6, 6.07) is 27.7. The number of benzene rings is 3. The molecule has 0 saturated carbocycles. The van der Waals surface area contributed by atoms with Crippen LogP contribution < -0.4 is 14.2 Å². The van der Waals surface area contributed by atoms with Gasteiger partial charge in [0.1, 0.15) is 36.5 Å². The van der Waals surface area contributed by atoms with Gasteiger partial charge in [0.15, 0.2) is 0 Å². The molecule has 1 amide bonds. The minimum absolute atomic E-state index is 0.113. The van der Waals surface area contributed by atoms with Crippen molar-refractivity contribution < 1.29 is 28.1 Å². The van der Waals surface area contributed by atoms with Gasteiger partial charge in [0.2, 0.25) is 11.8 Å². The zero-order valence-electron chi connectivity index (χ0n) is 24.8. The standard InChI is InChI=1S/C35H37FN2O5/c1-35(2,3)43-34(39)38-20-18-27(19-21-38)42-28-14-16-31(36)30(22-28)29-15-17-32(40-23-25-10-6-4-7-11-25)37-33(29)41-24-26-12-8-5-9-13-26/h4-17,22,27H,18-21,23-24H2,1-3H3. The van der Waals surface area contributed by atoms with Gasteiger partial charge in [-0.1, -0.05) is 60.7 Å². The molecule has 1 saturated heterocycles. The van der Waals surface area contributed by atoms with Crippen LogP contribution >= 0.6 is 0 Å². The molecule has 5 rings (SSSR count). The van der Waals surface area contributed by atoms with E-state index in [0.717, 1.165) is 11.1 Å². The van der Waals surface area contributed by atoms with Crippen LogP contribution in [0.4, 0.5) is 9.18 Å². The number of pyridine rings is 1. The quantitative estimate of drug-likeness (QED) is 0.200. The minimum atomic E-state index is -0.542. The molecule has 0 radical (unpaired) electrons. The van der Waals surface area contributed by atoms with Gasteiger partial charge < -0.3 is 23.8 Å². The number of ether oxygens (including phenoxy) is 4. The van der Waals surface area contributed by atoms with Crippen LogP contribution in [-0.2, 0) is 18.0 Å². The molecular weight excluding hydrogens is 547 g/mol. The van der Waals surface area contributed by atoms with Gasteiger partial charge in [-0.15, -0.1) is 0 Å². The third-order valence-corrected chi connectivity index (χ3v) is 6.91. The maximum absolute atomic E-state index is 15.3. The Morgan fingerprint density at radius 1 is 0.837 bits per heavy atom. The number of carbonyl (C=O) groups excluding carboxylic acids is 1. The molecule has 2 heterocycles. The van der Waals surface area contributed by atoms with E-state index in [1.54, 1.807) is 29.2 Å². The summed E-state index contributed by atoms with van der Waals surface area (Å²) in [6.07, 6.45) is 0.859. The van der Waals surface area contributed by atoms with Crippen molar-refractivity contribution in [2.75, 3.05) is 13.1 Å². The van der Waals surface area contributed by atoms with Crippen LogP contribution in [0, 0.1) is 5.82 Å². The van der Waals surface area contributed by atoms with Crippen molar-refractivity contribution >= 4 is 6.09 Å². The highest BCUT2D eigenvalue weighted by Gasteiger charge is 2.28. The Labute approximate surface area is 252 Å². The first-order chi connectivity index (χ1) is 20.7. The van der Waals surface area contributed by atoms with E-state index in [0.29, 0.717) is 55.3 Å². The fourth-order valence-electron chi connectivity index (χ4n) is 4.74. The van der Waals surface area contributed by atoms with Gasteiger partial charge in [0.25, 0.3) is 0 Å². The van der Waals surface area contributed by atoms with Crippen molar-refractivity contribution in [2.45, 2.75) is 58.5 Å². The Balaban J connectivity index is 1.32. The predicted molar refractivity (Wildman–Crippen MR) is 163 cm³/mol. The van der Waals surface area contributed by atoms with E-state index in [4.69, 9.17) is 18.9 Å². The molecule has 3 aromatic carbocycles. The van der Waals surface area contributed by atoms with Crippen molar-refractivity contribution in [1.82, 2.24) is 9.88 Å². The summed E-state index contributed by atoms with van der Waals surface area (Å²) in [5.41, 5.74) is 2.23. The van der Waals surface area contributed by atoms with E-state index in [1.807, 2.05) is 81.4 Å². The van der Waals surface area contributed by atoms with E-state index in [1.165, 1.54) is 6.07 Å². The number of amides is 1. The molecule has 0 bridgehead atoms. The molecule has 0 aliphatic carbocycles. The molecule has 43 heavy (non-hydrogen) atoms. The first-order valence-corrected chi connectivity index (χ1v) is 14.5. The van der Waals surface area contributed by atoms with Gasteiger partial charge >= 0.3 is 6.09 Å². The maximum Gasteiger partial charge on any atom is 0.410 e. The number of nitrogens with zero attached hydrogens (tertiary/aromatic N) is 2. The number of hydrogen-bond acceptors (Lipinski definition) is 6.